The Hall–Kier alpha value is -3.93. The molecule has 6 heteroatoms. The van der Waals surface area contributed by atoms with E-state index < -0.39 is 0 Å². The molecular formula is C23H20N6. The van der Waals surface area contributed by atoms with Gasteiger partial charge in [-0.3, -0.25) is 15.0 Å². The molecule has 29 heavy (non-hydrogen) atoms. The number of rotatable bonds is 4. The highest BCUT2D eigenvalue weighted by Crippen LogP contribution is 2.32. The molecule has 0 amide bonds. The number of aromatic nitrogens is 4. The summed E-state index contributed by atoms with van der Waals surface area (Å²) < 4.78 is 2.12. The van der Waals surface area contributed by atoms with Gasteiger partial charge in [-0.25, -0.2) is 0 Å². The number of benzene rings is 2. The van der Waals surface area contributed by atoms with Crippen LogP contribution in [0.5, 0.6) is 0 Å². The molecule has 0 unspecified atom stereocenters. The van der Waals surface area contributed by atoms with Crippen molar-refractivity contribution in [2.75, 3.05) is 11.1 Å². The van der Waals surface area contributed by atoms with Crippen LogP contribution < -0.4 is 11.1 Å². The van der Waals surface area contributed by atoms with Gasteiger partial charge in [0.25, 0.3) is 0 Å². The summed E-state index contributed by atoms with van der Waals surface area (Å²) in [4.78, 5) is 13.3. The summed E-state index contributed by atoms with van der Waals surface area (Å²) in [7, 11) is 2.06. The molecule has 0 spiro atoms. The number of anilines is 2. The normalized spacial score (nSPS) is 11.2. The van der Waals surface area contributed by atoms with Gasteiger partial charge in [0.1, 0.15) is 0 Å². The second kappa shape index (κ2) is 6.91. The van der Waals surface area contributed by atoms with Crippen LogP contribution in [0.2, 0.25) is 0 Å². The second-order valence-corrected chi connectivity index (χ2v) is 7.08. The third-order valence-electron chi connectivity index (χ3n) is 5.20. The molecule has 142 valence electrons. The number of hydrogen-bond acceptors (Lipinski definition) is 5. The number of nitrogens with two attached hydrogens (primary N) is 1. The Kier molecular flexibility index (Phi) is 4.09. The number of aryl methyl sites for hydroxylation is 1. The lowest BCUT2D eigenvalue weighted by Crippen LogP contribution is -2.04. The molecule has 0 radical (unpaired) electrons. The molecule has 0 saturated carbocycles. The van der Waals surface area contributed by atoms with Gasteiger partial charge in [-0.05, 0) is 41.3 Å². The minimum atomic E-state index is 0.585. The minimum absolute atomic E-state index is 0.585. The molecule has 3 aromatic heterocycles. The maximum Gasteiger partial charge on any atom is 0.0966 e. The number of nitrogens with one attached hydrogen (secondary N) is 1. The molecule has 6 nitrogen and oxygen atoms in total. The zero-order valence-corrected chi connectivity index (χ0v) is 16.0. The predicted octanol–water partition coefficient (Wildman–Crippen LogP) is 4.38. The van der Waals surface area contributed by atoms with Crippen molar-refractivity contribution in [1.82, 2.24) is 19.5 Å². The van der Waals surface area contributed by atoms with E-state index in [1.807, 2.05) is 12.1 Å². The number of nitrogens with zero attached hydrogens (tertiary/aromatic N) is 4. The minimum Gasteiger partial charge on any atom is -0.398 e. The molecule has 3 N–H and O–H groups in total. The molecular weight excluding hydrogens is 360 g/mol. The molecule has 0 aliphatic heterocycles. The fraction of sp³-hybridized carbons (Fsp3) is 0.0870. The highest BCUT2D eigenvalue weighted by atomic mass is 14.9. The lowest BCUT2D eigenvalue weighted by Gasteiger charge is -2.12. The Balaban J connectivity index is 1.60. The number of fused-ring (bicyclic) bond motifs is 2. The highest BCUT2D eigenvalue weighted by molar-refractivity contribution is 5.97. The lowest BCUT2D eigenvalue weighted by atomic mass is 10.0. The first-order valence-corrected chi connectivity index (χ1v) is 9.41. The van der Waals surface area contributed by atoms with Crippen LogP contribution >= 0.6 is 0 Å². The van der Waals surface area contributed by atoms with Gasteiger partial charge in [-0.15, -0.1) is 0 Å². The van der Waals surface area contributed by atoms with Gasteiger partial charge in [0.15, 0.2) is 0 Å². The quantitative estimate of drug-likeness (QED) is 0.484. The summed E-state index contributed by atoms with van der Waals surface area (Å²) in [5, 5.41) is 4.67. The van der Waals surface area contributed by atoms with Gasteiger partial charge in [0.05, 0.1) is 11.0 Å². The average Bonchev–Trinajstić information content (AvgIpc) is 3.13. The molecule has 3 heterocycles. The summed E-state index contributed by atoms with van der Waals surface area (Å²) in [5.41, 5.74) is 13.7. The van der Waals surface area contributed by atoms with E-state index in [1.54, 1.807) is 24.8 Å². The Bertz CT molecular complexity index is 1340. The number of hydrogen-bond donors (Lipinski definition) is 2. The van der Waals surface area contributed by atoms with Crippen molar-refractivity contribution in [3.8, 4) is 11.1 Å². The molecule has 0 aliphatic rings. The van der Waals surface area contributed by atoms with E-state index in [2.05, 4.69) is 68.4 Å². The first kappa shape index (κ1) is 17.2. The fourth-order valence-corrected chi connectivity index (χ4v) is 3.61. The van der Waals surface area contributed by atoms with Crippen LogP contribution in [0.4, 0.5) is 11.4 Å². The van der Waals surface area contributed by atoms with Crippen LogP contribution in [0, 0.1) is 0 Å². The van der Waals surface area contributed by atoms with E-state index in [0.29, 0.717) is 6.54 Å². The fourth-order valence-electron chi connectivity index (χ4n) is 3.61. The van der Waals surface area contributed by atoms with E-state index in [0.717, 1.165) is 39.1 Å². The maximum atomic E-state index is 6.05. The lowest BCUT2D eigenvalue weighted by molar-refractivity contribution is 0.969. The van der Waals surface area contributed by atoms with Crippen molar-refractivity contribution < 1.29 is 0 Å². The summed E-state index contributed by atoms with van der Waals surface area (Å²) in [6, 6.07) is 14.5. The third kappa shape index (κ3) is 3.14. The van der Waals surface area contributed by atoms with Crippen LogP contribution in [-0.4, -0.2) is 19.5 Å². The zero-order chi connectivity index (χ0) is 19.8. The van der Waals surface area contributed by atoms with Gasteiger partial charge in [0, 0.05) is 72.6 Å². The summed E-state index contributed by atoms with van der Waals surface area (Å²) in [6.45, 7) is 0.585. The largest absolute Gasteiger partial charge is 0.398 e. The standard InChI is InChI=1S/C23H20N6/c1-29-9-5-15-2-3-16(10-22(15)29)19-11-18(12-21-23(19)27-8-7-26-21)28-14-17-13-25-6-4-20(17)24/h2-13,28H,14H2,1H3,(H2,24,25). The van der Waals surface area contributed by atoms with Crippen LogP contribution in [0.15, 0.2) is 73.4 Å². The van der Waals surface area contributed by atoms with Crippen molar-refractivity contribution >= 4 is 33.3 Å². The van der Waals surface area contributed by atoms with E-state index in [-0.39, 0.29) is 0 Å². The Morgan fingerprint density at radius 3 is 2.79 bits per heavy atom. The molecule has 5 rings (SSSR count). The number of pyridine rings is 1. The molecule has 0 saturated heterocycles. The van der Waals surface area contributed by atoms with Crippen LogP contribution in [0.25, 0.3) is 33.1 Å². The monoisotopic (exact) mass is 380 g/mol. The third-order valence-corrected chi connectivity index (χ3v) is 5.20. The van der Waals surface area contributed by atoms with E-state index in [1.165, 1.54) is 10.9 Å². The Morgan fingerprint density at radius 1 is 1.00 bits per heavy atom. The van der Waals surface area contributed by atoms with Gasteiger partial charge < -0.3 is 15.6 Å². The molecule has 0 aliphatic carbocycles. The van der Waals surface area contributed by atoms with Crippen molar-refractivity contribution in [1.29, 1.82) is 0 Å². The zero-order valence-electron chi connectivity index (χ0n) is 16.0. The predicted molar refractivity (Wildman–Crippen MR) is 117 cm³/mol. The van der Waals surface area contributed by atoms with E-state index in [9.17, 15) is 0 Å². The maximum absolute atomic E-state index is 6.05. The van der Waals surface area contributed by atoms with Crippen molar-refractivity contribution in [3.63, 3.8) is 0 Å². The molecule has 5 aromatic rings. The van der Waals surface area contributed by atoms with Gasteiger partial charge >= 0.3 is 0 Å². The first-order valence-electron chi connectivity index (χ1n) is 9.41. The molecule has 0 fully saturated rings. The van der Waals surface area contributed by atoms with Gasteiger partial charge in [0.2, 0.25) is 0 Å². The topological polar surface area (TPSA) is 81.7 Å². The molecule has 0 atom stereocenters. The van der Waals surface area contributed by atoms with Crippen molar-refractivity contribution in [2.24, 2.45) is 7.05 Å². The summed E-state index contributed by atoms with van der Waals surface area (Å²) in [6.07, 6.45) is 9.00. The van der Waals surface area contributed by atoms with Crippen LogP contribution in [0.1, 0.15) is 5.56 Å². The van der Waals surface area contributed by atoms with E-state index in [4.69, 9.17) is 5.73 Å². The summed E-state index contributed by atoms with van der Waals surface area (Å²) >= 11 is 0. The first-order chi connectivity index (χ1) is 14.2. The van der Waals surface area contributed by atoms with Crippen molar-refractivity contribution in [2.45, 2.75) is 6.54 Å². The smallest absolute Gasteiger partial charge is 0.0966 e. The second-order valence-electron chi connectivity index (χ2n) is 7.08. The summed E-state index contributed by atoms with van der Waals surface area (Å²) in [5.74, 6) is 0. The molecule has 0 bridgehead atoms. The number of nitrogen functional groups attached to an aromatic ring is 1. The SMILES string of the molecule is Cn1ccc2ccc(-c3cc(NCc4cnccc4N)cc4nccnc34)cc21. The van der Waals surface area contributed by atoms with Gasteiger partial charge in [-0.1, -0.05) is 12.1 Å². The Morgan fingerprint density at radius 2 is 1.90 bits per heavy atom. The van der Waals surface area contributed by atoms with Crippen LogP contribution in [0.3, 0.4) is 0 Å². The average molecular weight is 380 g/mol. The highest BCUT2D eigenvalue weighted by Gasteiger charge is 2.11. The van der Waals surface area contributed by atoms with Crippen LogP contribution in [-0.2, 0) is 13.6 Å². The van der Waals surface area contributed by atoms with Crippen molar-refractivity contribution in [3.05, 3.63) is 79.0 Å². The van der Waals surface area contributed by atoms with Gasteiger partial charge in [-0.2, -0.15) is 0 Å². The molecule has 2 aromatic carbocycles. The van der Waals surface area contributed by atoms with E-state index >= 15 is 0 Å². The Labute approximate surface area is 168 Å².